The zero-order chi connectivity index (χ0) is 18.2. The predicted molar refractivity (Wildman–Crippen MR) is 106 cm³/mol. The molecule has 3 aromatic rings. The van der Waals surface area contributed by atoms with Gasteiger partial charge in [-0.05, 0) is 40.9 Å². The minimum absolute atomic E-state index is 0.0329. The highest BCUT2D eigenvalue weighted by atomic mass is 32.1. The molecule has 1 amide bonds. The van der Waals surface area contributed by atoms with E-state index < -0.39 is 0 Å². The number of hydrogen-bond acceptors (Lipinski definition) is 4. The molecule has 0 saturated carbocycles. The Labute approximate surface area is 161 Å². The van der Waals surface area contributed by atoms with Crippen LogP contribution in [-0.2, 0) is 24.3 Å². The van der Waals surface area contributed by atoms with Gasteiger partial charge in [-0.2, -0.15) is 0 Å². The van der Waals surface area contributed by atoms with Crippen LogP contribution in [0, 0.1) is 5.82 Å². The summed E-state index contributed by atoms with van der Waals surface area (Å²) in [7, 11) is 0. The smallest absolute Gasteiger partial charge is 0.234 e. The highest BCUT2D eigenvalue weighted by Gasteiger charge is 2.13. The quantitative estimate of drug-likeness (QED) is 0.592. The van der Waals surface area contributed by atoms with E-state index in [-0.39, 0.29) is 11.7 Å². The molecule has 0 spiro atoms. The maximum Gasteiger partial charge on any atom is 0.234 e. The van der Waals surface area contributed by atoms with Gasteiger partial charge in [-0.1, -0.05) is 30.3 Å². The Hall–Kier alpha value is -2.02. The van der Waals surface area contributed by atoms with Crippen molar-refractivity contribution in [3.8, 4) is 0 Å². The summed E-state index contributed by atoms with van der Waals surface area (Å²) in [6, 6.07) is 14.9. The highest BCUT2D eigenvalue weighted by Crippen LogP contribution is 2.16. The van der Waals surface area contributed by atoms with Gasteiger partial charge >= 0.3 is 0 Å². The fraction of sp³-hybridized carbons (Fsp3) is 0.250. The van der Waals surface area contributed by atoms with Crippen molar-refractivity contribution in [2.75, 3.05) is 13.1 Å². The summed E-state index contributed by atoms with van der Waals surface area (Å²) in [6.07, 6.45) is 0.494. The van der Waals surface area contributed by atoms with Crippen LogP contribution in [-0.4, -0.2) is 23.9 Å². The molecule has 0 aliphatic rings. The lowest BCUT2D eigenvalue weighted by Gasteiger charge is -2.20. The van der Waals surface area contributed by atoms with Crippen molar-refractivity contribution in [1.29, 1.82) is 0 Å². The Morgan fingerprint density at radius 2 is 1.62 bits per heavy atom. The maximum atomic E-state index is 13.6. The Balaban J connectivity index is 1.51. The van der Waals surface area contributed by atoms with E-state index in [1.54, 1.807) is 34.8 Å². The molecule has 0 unspecified atom stereocenters. The van der Waals surface area contributed by atoms with Crippen LogP contribution >= 0.6 is 22.7 Å². The van der Waals surface area contributed by atoms with Gasteiger partial charge in [0.05, 0.1) is 6.54 Å². The lowest BCUT2D eigenvalue weighted by Crippen LogP contribution is -2.37. The molecule has 6 heteroatoms. The Bertz CT molecular complexity index is 767. The molecule has 136 valence electrons. The van der Waals surface area contributed by atoms with E-state index in [0.717, 1.165) is 13.1 Å². The van der Waals surface area contributed by atoms with Gasteiger partial charge < -0.3 is 5.32 Å². The van der Waals surface area contributed by atoms with Gasteiger partial charge in [-0.25, -0.2) is 4.39 Å². The van der Waals surface area contributed by atoms with Crippen LogP contribution in [0.3, 0.4) is 0 Å². The molecule has 1 aromatic carbocycles. The topological polar surface area (TPSA) is 32.3 Å². The molecule has 1 N–H and O–H groups in total. The van der Waals surface area contributed by atoms with Gasteiger partial charge in [0.1, 0.15) is 5.82 Å². The zero-order valence-electron chi connectivity index (χ0n) is 14.4. The number of hydrogen-bond donors (Lipinski definition) is 1. The van der Waals surface area contributed by atoms with Crippen LogP contribution in [0.25, 0.3) is 0 Å². The van der Waals surface area contributed by atoms with Gasteiger partial charge in [0.15, 0.2) is 0 Å². The van der Waals surface area contributed by atoms with Crippen LogP contribution in [0.1, 0.15) is 15.3 Å². The first kappa shape index (κ1) is 18.8. The average Bonchev–Trinajstić information content (AvgIpc) is 3.30. The lowest BCUT2D eigenvalue weighted by atomic mass is 10.1. The SMILES string of the molecule is O=C(CN(Cc1cccs1)Cc1cccs1)NCCc1ccccc1F. The zero-order valence-corrected chi connectivity index (χ0v) is 16.0. The summed E-state index contributed by atoms with van der Waals surface area (Å²) in [4.78, 5) is 17.0. The molecule has 0 bridgehead atoms. The van der Waals surface area contributed by atoms with Gasteiger partial charge in [-0.3, -0.25) is 9.69 Å². The van der Waals surface area contributed by atoms with Crippen LogP contribution in [0.5, 0.6) is 0 Å². The van der Waals surface area contributed by atoms with Gasteiger partial charge in [-0.15, -0.1) is 22.7 Å². The summed E-state index contributed by atoms with van der Waals surface area (Å²) in [6.45, 7) is 2.26. The standard InChI is InChI=1S/C20H21FN2OS2/c21-19-8-2-1-5-16(19)9-10-22-20(24)15-23(13-17-6-3-11-25-17)14-18-7-4-12-26-18/h1-8,11-12H,9-10,13-15H2,(H,22,24). The van der Waals surface area contributed by atoms with Gasteiger partial charge in [0, 0.05) is 29.4 Å². The van der Waals surface area contributed by atoms with Crippen molar-refractivity contribution < 1.29 is 9.18 Å². The van der Waals surface area contributed by atoms with E-state index in [2.05, 4.69) is 22.3 Å². The van der Waals surface area contributed by atoms with E-state index in [9.17, 15) is 9.18 Å². The van der Waals surface area contributed by atoms with Crippen LogP contribution in [0.2, 0.25) is 0 Å². The van der Waals surface area contributed by atoms with Crippen molar-refractivity contribution in [3.05, 3.63) is 80.4 Å². The summed E-state index contributed by atoms with van der Waals surface area (Å²) in [5, 5.41) is 7.01. The number of halogens is 1. The number of nitrogens with one attached hydrogen (secondary N) is 1. The molecule has 2 aromatic heterocycles. The Morgan fingerprint density at radius 3 is 2.19 bits per heavy atom. The Kier molecular flexibility index (Phi) is 6.94. The number of carbonyl (C=O) groups excluding carboxylic acids is 1. The van der Waals surface area contributed by atoms with Gasteiger partial charge in [0.25, 0.3) is 0 Å². The van der Waals surface area contributed by atoms with Crippen LogP contribution < -0.4 is 5.32 Å². The van der Waals surface area contributed by atoms with Crippen molar-refractivity contribution in [1.82, 2.24) is 10.2 Å². The van der Waals surface area contributed by atoms with E-state index in [0.29, 0.717) is 25.1 Å². The number of amides is 1. The minimum atomic E-state index is -0.223. The predicted octanol–water partition coefficient (Wildman–Crippen LogP) is 4.31. The molecule has 3 nitrogen and oxygen atoms in total. The largest absolute Gasteiger partial charge is 0.355 e. The second kappa shape index (κ2) is 9.62. The normalized spacial score (nSPS) is 11.0. The summed E-state index contributed by atoms with van der Waals surface area (Å²) < 4.78 is 13.6. The first-order valence-corrected chi connectivity index (χ1v) is 10.2. The lowest BCUT2D eigenvalue weighted by molar-refractivity contribution is -0.122. The minimum Gasteiger partial charge on any atom is -0.355 e. The summed E-state index contributed by atoms with van der Waals surface area (Å²) in [5.41, 5.74) is 0.627. The molecule has 0 aliphatic carbocycles. The number of benzene rings is 1. The van der Waals surface area contributed by atoms with Crippen molar-refractivity contribution in [3.63, 3.8) is 0 Å². The van der Waals surface area contributed by atoms with E-state index in [1.807, 2.05) is 29.0 Å². The van der Waals surface area contributed by atoms with Crippen molar-refractivity contribution in [2.45, 2.75) is 19.5 Å². The van der Waals surface area contributed by atoms with E-state index >= 15 is 0 Å². The summed E-state index contributed by atoms with van der Waals surface area (Å²) >= 11 is 3.39. The molecule has 0 saturated heterocycles. The van der Waals surface area contributed by atoms with Crippen molar-refractivity contribution >= 4 is 28.6 Å². The number of nitrogens with zero attached hydrogens (tertiary/aromatic N) is 1. The first-order chi connectivity index (χ1) is 12.7. The molecule has 0 atom stereocenters. The Morgan fingerprint density at radius 1 is 0.962 bits per heavy atom. The molecule has 0 aliphatic heterocycles. The maximum absolute atomic E-state index is 13.6. The van der Waals surface area contributed by atoms with E-state index in [1.165, 1.54) is 15.8 Å². The van der Waals surface area contributed by atoms with E-state index in [4.69, 9.17) is 0 Å². The van der Waals surface area contributed by atoms with Crippen LogP contribution in [0.15, 0.2) is 59.3 Å². The number of carbonyl (C=O) groups is 1. The third-order valence-electron chi connectivity index (χ3n) is 3.96. The number of rotatable bonds is 9. The second-order valence-corrected chi connectivity index (χ2v) is 8.06. The summed E-state index contributed by atoms with van der Waals surface area (Å²) in [5.74, 6) is -0.256. The molecule has 3 rings (SSSR count). The number of thiophene rings is 2. The molecular weight excluding hydrogens is 367 g/mol. The van der Waals surface area contributed by atoms with Crippen molar-refractivity contribution in [2.24, 2.45) is 0 Å². The monoisotopic (exact) mass is 388 g/mol. The second-order valence-electron chi connectivity index (χ2n) is 6.00. The highest BCUT2D eigenvalue weighted by molar-refractivity contribution is 7.10. The third-order valence-corrected chi connectivity index (χ3v) is 5.68. The average molecular weight is 389 g/mol. The fourth-order valence-electron chi connectivity index (χ4n) is 2.71. The molecular formula is C20H21FN2OS2. The first-order valence-electron chi connectivity index (χ1n) is 8.48. The van der Waals surface area contributed by atoms with Crippen LogP contribution in [0.4, 0.5) is 4.39 Å². The van der Waals surface area contributed by atoms with Gasteiger partial charge in [0.2, 0.25) is 5.91 Å². The third kappa shape index (κ3) is 5.76. The fourth-order valence-corrected chi connectivity index (χ4v) is 4.20. The molecule has 0 radical (unpaired) electrons. The molecule has 26 heavy (non-hydrogen) atoms. The molecule has 2 heterocycles. The molecule has 0 fully saturated rings.